The van der Waals surface area contributed by atoms with Gasteiger partial charge in [0, 0.05) is 30.3 Å². The lowest BCUT2D eigenvalue weighted by atomic mass is 9.94. The Morgan fingerprint density at radius 1 is 1.39 bits per heavy atom. The summed E-state index contributed by atoms with van der Waals surface area (Å²) >= 11 is 0. The van der Waals surface area contributed by atoms with Crippen molar-refractivity contribution in [1.82, 2.24) is 0 Å². The minimum Gasteiger partial charge on any atom is -0.384 e. The second-order valence-corrected chi connectivity index (χ2v) is 4.96. The van der Waals surface area contributed by atoms with Gasteiger partial charge in [0.05, 0.1) is 4.92 Å². The van der Waals surface area contributed by atoms with Crippen molar-refractivity contribution in [2.75, 3.05) is 11.9 Å². The van der Waals surface area contributed by atoms with Crippen molar-refractivity contribution in [2.45, 2.75) is 44.9 Å². The summed E-state index contributed by atoms with van der Waals surface area (Å²) in [4.78, 5) is 10.5. The first-order valence-electron chi connectivity index (χ1n) is 6.74. The molecule has 1 unspecified atom stereocenters. The molecule has 1 aliphatic heterocycles. The van der Waals surface area contributed by atoms with Crippen LogP contribution in [0.3, 0.4) is 0 Å². The maximum absolute atomic E-state index is 10.8. The highest BCUT2D eigenvalue weighted by molar-refractivity contribution is 5.61. The number of rotatable bonds is 6. The predicted octanol–water partition coefficient (Wildman–Crippen LogP) is 4.07. The van der Waals surface area contributed by atoms with Crippen LogP contribution in [0.15, 0.2) is 18.2 Å². The molecule has 1 aromatic carbocycles. The standard InChI is InChI=1S/C14H20N2O2/c1-2-3-4-5-6-11-10-15-14-8-7-12(16(17)18)9-13(11)14/h7-9,11,15H,2-6,10H2,1H3. The van der Waals surface area contributed by atoms with Gasteiger partial charge < -0.3 is 5.32 Å². The van der Waals surface area contributed by atoms with Crippen LogP contribution in [-0.4, -0.2) is 11.5 Å². The van der Waals surface area contributed by atoms with Crippen LogP contribution < -0.4 is 5.32 Å². The van der Waals surface area contributed by atoms with E-state index in [1.54, 1.807) is 12.1 Å². The van der Waals surface area contributed by atoms with Gasteiger partial charge >= 0.3 is 0 Å². The number of hydrogen-bond acceptors (Lipinski definition) is 3. The fraction of sp³-hybridized carbons (Fsp3) is 0.571. The van der Waals surface area contributed by atoms with Gasteiger partial charge in [-0.1, -0.05) is 32.6 Å². The SMILES string of the molecule is CCCCCCC1CNc2ccc([N+](=O)[O-])cc21. The molecule has 0 aromatic heterocycles. The number of non-ortho nitro benzene ring substituents is 1. The van der Waals surface area contributed by atoms with Crippen LogP contribution in [0.25, 0.3) is 0 Å². The Labute approximate surface area is 108 Å². The quantitative estimate of drug-likeness (QED) is 0.469. The third kappa shape index (κ3) is 2.81. The van der Waals surface area contributed by atoms with Gasteiger partial charge in [-0.15, -0.1) is 0 Å². The molecule has 1 aromatic rings. The van der Waals surface area contributed by atoms with Gasteiger partial charge in [0.2, 0.25) is 0 Å². The van der Waals surface area contributed by atoms with Crippen molar-refractivity contribution < 1.29 is 4.92 Å². The molecule has 0 fully saturated rings. The smallest absolute Gasteiger partial charge is 0.269 e. The summed E-state index contributed by atoms with van der Waals surface area (Å²) in [5.74, 6) is 0.441. The van der Waals surface area contributed by atoms with Gasteiger partial charge in [0.1, 0.15) is 0 Å². The van der Waals surface area contributed by atoms with Crippen LogP contribution in [0.1, 0.15) is 50.5 Å². The molecule has 0 spiro atoms. The lowest BCUT2D eigenvalue weighted by molar-refractivity contribution is -0.384. The summed E-state index contributed by atoms with van der Waals surface area (Å²) in [5, 5.41) is 14.1. The monoisotopic (exact) mass is 248 g/mol. The first-order chi connectivity index (χ1) is 8.72. The van der Waals surface area contributed by atoms with Gasteiger partial charge in [-0.2, -0.15) is 0 Å². The normalized spacial score (nSPS) is 17.3. The summed E-state index contributed by atoms with van der Waals surface area (Å²) in [5.41, 5.74) is 2.40. The Kier molecular flexibility index (Phi) is 4.18. The molecule has 1 N–H and O–H groups in total. The lowest BCUT2D eigenvalue weighted by Crippen LogP contribution is -2.01. The molecule has 18 heavy (non-hydrogen) atoms. The van der Waals surface area contributed by atoms with Gasteiger partial charge in [-0.05, 0) is 18.1 Å². The van der Waals surface area contributed by atoms with Crippen LogP contribution in [-0.2, 0) is 0 Å². The van der Waals surface area contributed by atoms with E-state index >= 15 is 0 Å². The van der Waals surface area contributed by atoms with Gasteiger partial charge in [0.15, 0.2) is 0 Å². The van der Waals surface area contributed by atoms with E-state index in [9.17, 15) is 10.1 Å². The van der Waals surface area contributed by atoms with Crippen LogP contribution in [0.4, 0.5) is 11.4 Å². The number of fused-ring (bicyclic) bond motifs is 1. The average molecular weight is 248 g/mol. The molecule has 0 saturated heterocycles. The minimum absolute atomic E-state index is 0.205. The first kappa shape index (κ1) is 12.9. The molecule has 0 radical (unpaired) electrons. The summed E-state index contributed by atoms with van der Waals surface area (Å²) in [6.07, 6.45) is 6.12. The number of hydrogen-bond donors (Lipinski definition) is 1. The van der Waals surface area contributed by atoms with Crippen molar-refractivity contribution in [3.8, 4) is 0 Å². The van der Waals surface area contributed by atoms with Crippen LogP contribution in [0.2, 0.25) is 0 Å². The van der Waals surface area contributed by atoms with E-state index in [-0.39, 0.29) is 10.6 Å². The maximum Gasteiger partial charge on any atom is 0.269 e. The Bertz CT molecular complexity index is 432. The molecule has 1 atom stereocenters. The second kappa shape index (κ2) is 5.85. The number of nitro benzene ring substituents is 1. The van der Waals surface area contributed by atoms with Crippen LogP contribution >= 0.6 is 0 Å². The highest BCUT2D eigenvalue weighted by atomic mass is 16.6. The number of anilines is 1. The molecule has 2 rings (SSSR count). The Hall–Kier alpha value is -1.58. The predicted molar refractivity (Wildman–Crippen MR) is 73.1 cm³/mol. The summed E-state index contributed by atoms with van der Waals surface area (Å²) in [6, 6.07) is 5.14. The van der Waals surface area contributed by atoms with E-state index in [1.165, 1.54) is 25.7 Å². The summed E-state index contributed by atoms with van der Waals surface area (Å²) in [6.45, 7) is 3.12. The lowest BCUT2D eigenvalue weighted by Gasteiger charge is -2.09. The third-order valence-corrected chi connectivity index (χ3v) is 3.63. The fourth-order valence-electron chi connectivity index (χ4n) is 2.58. The van der Waals surface area contributed by atoms with Crippen molar-refractivity contribution in [2.24, 2.45) is 0 Å². The Morgan fingerprint density at radius 2 is 2.22 bits per heavy atom. The van der Waals surface area contributed by atoms with Crippen molar-refractivity contribution in [1.29, 1.82) is 0 Å². The second-order valence-electron chi connectivity index (χ2n) is 4.96. The largest absolute Gasteiger partial charge is 0.384 e. The first-order valence-corrected chi connectivity index (χ1v) is 6.74. The van der Waals surface area contributed by atoms with E-state index in [0.29, 0.717) is 5.92 Å². The van der Waals surface area contributed by atoms with Crippen LogP contribution in [0.5, 0.6) is 0 Å². The van der Waals surface area contributed by atoms with Crippen molar-refractivity contribution >= 4 is 11.4 Å². The fourth-order valence-corrected chi connectivity index (χ4v) is 2.58. The van der Waals surface area contributed by atoms with E-state index in [4.69, 9.17) is 0 Å². The van der Waals surface area contributed by atoms with Crippen molar-refractivity contribution in [3.63, 3.8) is 0 Å². The molecule has 4 heteroatoms. The van der Waals surface area contributed by atoms with E-state index in [1.807, 2.05) is 6.07 Å². The number of nitrogens with one attached hydrogen (secondary N) is 1. The highest BCUT2D eigenvalue weighted by Gasteiger charge is 2.23. The zero-order valence-corrected chi connectivity index (χ0v) is 10.8. The molecule has 1 aliphatic rings. The number of nitrogens with zero attached hydrogens (tertiary/aromatic N) is 1. The molecule has 4 nitrogen and oxygen atoms in total. The summed E-state index contributed by atoms with van der Waals surface area (Å²) in [7, 11) is 0. The van der Waals surface area contributed by atoms with E-state index < -0.39 is 0 Å². The van der Waals surface area contributed by atoms with Gasteiger partial charge in [0.25, 0.3) is 5.69 Å². The van der Waals surface area contributed by atoms with E-state index in [0.717, 1.165) is 24.2 Å². The number of unbranched alkanes of at least 4 members (excludes halogenated alkanes) is 3. The molecular formula is C14H20N2O2. The van der Waals surface area contributed by atoms with E-state index in [2.05, 4.69) is 12.2 Å². The zero-order valence-electron chi connectivity index (χ0n) is 10.8. The van der Waals surface area contributed by atoms with Crippen molar-refractivity contribution in [3.05, 3.63) is 33.9 Å². The molecular weight excluding hydrogens is 228 g/mol. The molecule has 0 bridgehead atoms. The molecule has 1 heterocycles. The number of benzene rings is 1. The average Bonchev–Trinajstić information content (AvgIpc) is 2.77. The maximum atomic E-state index is 10.8. The zero-order chi connectivity index (χ0) is 13.0. The topological polar surface area (TPSA) is 55.2 Å². The molecule has 98 valence electrons. The number of nitro groups is 1. The minimum atomic E-state index is -0.313. The van der Waals surface area contributed by atoms with Crippen LogP contribution in [0, 0.1) is 10.1 Å². The summed E-state index contributed by atoms with van der Waals surface area (Å²) < 4.78 is 0. The van der Waals surface area contributed by atoms with Gasteiger partial charge in [-0.25, -0.2) is 0 Å². The third-order valence-electron chi connectivity index (χ3n) is 3.63. The van der Waals surface area contributed by atoms with Gasteiger partial charge in [-0.3, -0.25) is 10.1 Å². The molecule has 0 amide bonds. The highest BCUT2D eigenvalue weighted by Crippen LogP contribution is 2.36. The molecule has 0 saturated carbocycles. The Morgan fingerprint density at radius 3 is 2.94 bits per heavy atom. The Balaban J connectivity index is 2.02. The molecule has 0 aliphatic carbocycles.